The highest BCUT2D eigenvalue weighted by Gasteiger charge is 2.14. The van der Waals surface area contributed by atoms with Crippen molar-refractivity contribution in [3.8, 4) is 0 Å². The number of benzene rings is 1. The number of aromatic nitrogens is 2. The standard InChI is InChI=1S/C18H24N4O/c1-18(2,3)14-4-6-15(7-5-14)21-16-12-17(20-13-19-16)22-8-10-23-11-9-22/h4-7,12-13H,8-11H2,1-3H3,(H,19,20,21). The van der Waals surface area contributed by atoms with E-state index in [1.54, 1.807) is 6.33 Å². The summed E-state index contributed by atoms with van der Waals surface area (Å²) >= 11 is 0. The number of anilines is 3. The van der Waals surface area contributed by atoms with Gasteiger partial charge < -0.3 is 15.0 Å². The molecule has 1 fully saturated rings. The molecule has 1 aliphatic rings. The molecule has 3 rings (SSSR count). The Labute approximate surface area is 137 Å². The van der Waals surface area contributed by atoms with Crippen LogP contribution in [0.5, 0.6) is 0 Å². The van der Waals surface area contributed by atoms with Crippen molar-refractivity contribution < 1.29 is 4.74 Å². The highest BCUT2D eigenvalue weighted by molar-refractivity contribution is 5.59. The van der Waals surface area contributed by atoms with E-state index in [0.29, 0.717) is 0 Å². The minimum Gasteiger partial charge on any atom is -0.378 e. The zero-order valence-corrected chi connectivity index (χ0v) is 14.0. The largest absolute Gasteiger partial charge is 0.378 e. The summed E-state index contributed by atoms with van der Waals surface area (Å²) in [5.74, 6) is 1.75. The van der Waals surface area contributed by atoms with Crippen LogP contribution in [0.1, 0.15) is 26.3 Å². The molecule has 1 aromatic heterocycles. The van der Waals surface area contributed by atoms with E-state index >= 15 is 0 Å². The normalized spacial score (nSPS) is 15.5. The smallest absolute Gasteiger partial charge is 0.135 e. The minimum absolute atomic E-state index is 0.164. The van der Waals surface area contributed by atoms with Crippen LogP contribution >= 0.6 is 0 Å². The molecule has 0 radical (unpaired) electrons. The van der Waals surface area contributed by atoms with Gasteiger partial charge in [0, 0.05) is 24.8 Å². The molecule has 0 saturated carbocycles. The van der Waals surface area contributed by atoms with Gasteiger partial charge in [-0.3, -0.25) is 0 Å². The topological polar surface area (TPSA) is 50.3 Å². The molecule has 2 aromatic rings. The fourth-order valence-corrected chi connectivity index (χ4v) is 2.58. The molecule has 1 N–H and O–H groups in total. The molecular formula is C18H24N4O. The molecule has 2 heterocycles. The zero-order valence-electron chi connectivity index (χ0n) is 14.0. The minimum atomic E-state index is 0.164. The average molecular weight is 312 g/mol. The highest BCUT2D eigenvalue weighted by Crippen LogP contribution is 2.25. The zero-order chi connectivity index (χ0) is 16.3. The van der Waals surface area contributed by atoms with E-state index in [1.807, 2.05) is 6.07 Å². The fourth-order valence-electron chi connectivity index (χ4n) is 2.58. The first-order chi connectivity index (χ1) is 11.0. The molecule has 0 aliphatic carbocycles. The lowest BCUT2D eigenvalue weighted by atomic mass is 9.87. The van der Waals surface area contributed by atoms with Crippen LogP contribution in [0.25, 0.3) is 0 Å². The van der Waals surface area contributed by atoms with Crippen LogP contribution < -0.4 is 10.2 Å². The van der Waals surface area contributed by atoms with Crippen molar-refractivity contribution in [3.63, 3.8) is 0 Å². The SMILES string of the molecule is CC(C)(C)c1ccc(Nc2cc(N3CCOCC3)ncn2)cc1. The van der Waals surface area contributed by atoms with Crippen molar-refractivity contribution in [1.82, 2.24) is 9.97 Å². The summed E-state index contributed by atoms with van der Waals surface area (Å²) in [4.78, 5) is 10.9. The summed E-state index contributed by atoms with van der Waals surface area (Å²) in [5, 5.41) is 3.35. The predicted molar refractivity (Wildman–Crippen MR) is 93.5 cm³/mol. The summed E-state index contributed by atoms with van der Waals surface area (Å²) in [6, 6.07) is 10.5. The van der Waals surface area contributed by atoms with Gasteiger partial charge in [-0.2, -0.15) is 0 Å². The van der Waals surface area contributed by atoms with Gasteiger partial charge in [-0.05, 0) is 23.1 Å². The van der Waals surface area contributed by atoms with E-state index in [2.05, 4.69) is 65.2 Å². The Balaban J connectivity index is 1.72. The maximum Gasteiger partial charge on any atom is 0.135 e. The monoisotopic (exact) mass is 312 g/mol. The molecule has 5 heteroatoms. The number of hydrogen-bond acceptors (Lipinski definition) is 5. The number of morpholine rings is 1. The molecule has 1 aliphatic heterocycles. The molecule has 122 valence electrons. The van der Waals surface area contributed by atoms with Crippen LogP contribution in [0.15, 0.2) is 36.7 Å². The molecular weight excluding hydrogens is 288 g/mol. The molecule has 0 amide bonds. The summed E-state index contributed by atoms with van der Waals surface area (Å²) in [5.41, 5.74) is 2.51. The van der Waals surface area contributed by atoms with Crippen LogP contribution in [0.2, 0.25) is 0 Å². The average Bonchev–Trinajstić information content (AvgIpc) is 2.56. The Morgan fingerprint density at radius 2 is 1.74 bits per heavy atom. The third-order valence-corrected chi connectivity index (χ3v) is 4.01. The Bertz CT molecular complexity index is 643. The van der Waals surface area contributed by atoms with Crippen LogP contribution in [0.3, 0.4) is 0 Å². The van der Waals surface area contributed by atoms with Crippen molar-refractivity contribution in [2.24, 2.45) is 0 Å². The number of ether oxygens (including phenoxy) is 1. The number of nitrogens with one attached hydrogen (secondary N) is 1. The molecule has 1 aromatic carbocycles. The van der Waals surface area contributed by atoms with Crippen LogP contribution in [0.4, 0.5) is 17.3 Å². The van der Waals surface area contributed by atoms with E-state index < -0.39 is 0 Å². The Morgan fingerprint density at radius 3 is 2.39 bits per heavy atom. The van der Waals surface area contributed by atoms with Crippen molar-refractivity contribution in [1.29, 1.82) is 0 Å². The van der Waals surface area contributed by atoms with Gasteiger partial charge >= 0.3 is 0 Å². The second-order valence-electron chi connectivity index (χ2n) is 6.81. The summed E-state index contributed by atoms with van der Waals surface area (Å²) in [6.07, 6.45) is 1.61. The molecule has 1 saturated heterocycles. The van der Waals surface area contributed by atoms with Crippen LogP contribution in [0, 0.1) is 0 Å². The Morgan fingerprint density at radius 1 is 1.04 bits per heavy atom. The lowest BCUT2D eigenvalue weighted by Crippen LogP contribution is -2.36. The molecule has 0 spiro atoms. The fraction of sp³-hybridized carbons (Fsp3) is 0.444. The maximum absolute atomic E-state index is 5.38. The molecule has 23 heavy (non-hydrogen) atoms. The van der Waals surface area contributed by atoms with Gasteiger partial charge in [0.05, 0.1) is 13.2 Å². The second kappa shape index (κ2) is 6.54. The first-order valence-corrected chi connectivity index (χ1v) is 8.05. The lowest BCUT2D eigenvalue weighted by molar-refractivity contribution is 0.122. The van der Waals surface area contributed by atoms with E-state index in [4.69, 9.17) is 4.74 Å². The second-order valence-corrected chi connectivity index (χ2v) is 6.81. The van der Waals surface area contributed by atoms with Gasteiger partial charge in [0.25, 0.3) is 0 Å². The van der Waals surface area contributed by atoms with Crippen molar-refractivity contribution in [3.05, 3.63) is 42.2 Å². The first kappa shape index (κ1) is 15.7. The maximum atomic E-state index is 5.38. The number of hydrogen-bond donors (Lipinski definition) is 1. The van der Waals surface area contributed by atoms with E-state index in [1.165, 1.54) is 5.56 Å². The predicted octanol–water partition coefficient (Wildman–Crippen LogP) is 3.35. The van der Waals surface area contributed by atoms with Crippen LogP contribution in [-0.2, 0) is 10.2 Å². The molecule has 0 atom stereocenters. The van der Waals surface area contributed by atoms with Gasteiger partial charge in [0.2, 0.25) is 0 Å². The van der Waals surface area contributed by atoms with Crippen molar-refractivity contribution >= 4 is 17.3 Å². The van der Waals surface area contributed by atoms with E-state index in [0.717, 1.165) is 43.6 Å². The first-order valence-electron chi connectivity index (χ1n) is 8.05. The number of rotatable bonds is 3. The van der Waals surface area contributed by atoms with Gasteiger partial charge in [-0.15, -0.1) is 0 Å². The van der Waals surface area contributed by atoms with E-state index in [-0.39, 0.29) is 5.41 Å². The lowest BCUT2D eigenvalue weighted by Gasteiger charge is -2.27. The summed E-state index contributed by atoms with van der Waals surface area (Å²) in [6.45, 7) is 9.90. The Hall–Kier alpha value is -2.14. The van der Waals surface area contributed by atoms with Gasteiger partial charge in [0.1, 0.15) is 18.0 Å². The number of nitrogens with zero attached hydrogens (tertiary/aromatic N) is 3. The molecule has 0 bridgehead atoms. The quantitative estimate of drug-likeness (QED) is 0.942. The highest BCUT2D eigenvalue weighted by atomic mass is 16.5. The van der Waals surface area contributed by atoms with E-state index in [9.17, 15) is 0 Å². The third kappa shape index (κ3) is 3.99. The van der Waals surface area contributed by atoms with Gasteiger partial charge in [-0.25, -0.2) is 9.97 Å². The summed E-state index contributed by atoms with van der Waals surface area (Å²) in [7, 11) is 0. The van der Waals surface area contributed by atoms with Gasteiger partial charge in [0.15, 0.2) is 0 Å². The molecule has 5 nitrogen and oxygen atoms in total. The van der Waals surface area contributed by atoms with Crippen molar-refractivity contribution in [2.75, 3.05) is 36.5 Å². The Kier molecular flexibility index (Phi) is 4.48. The summed E-state index contributed by atoms with van der Waals surface area (Å²) < 4.78 is 5.38. The van der Waals surface area contributed by atoms with Crippen LogP contribution in [-0.4, -0.2) is 36.3 Å². The van der Waals surface area contributed by atoms with Crippen molar-refractivity contribution in [2.45, 2.75) is 26.2 Å². The third-order valence-electron chi connectivity index (χ3n) is 4.01. The molecule has 0 unspecified atom stereocenters. The van der Waals surface area contributed by atoms with Gasteiger partial charge in [-0.1, -0.05) is 32.9 Å².